The summed E-state index contributed by atoms with van der Waals surface area (Å²) < 4.78 is 0. The SMILES string of the molecule is CN(C)CCN(CC(=O)O)C(=O)CCC1Cc2ccccc2NC1=O. The summed E-state index contributed by atoms with van der Waals surface area (Å²) in [4.78, 5) is 38.8. The number of benzene rings is 1. The third kappa shape index (κ3) is 5.56. The number of aliphatic carboxylic acids is 1. The number of carbonyl (C=O) groups is 3. The molecule has 1 aliphatic heterocycles. The number of hydrogen-bond acceptors (Lipinski definition) is 4. The van der Waals surface area contributed by atoms with Crippen LogP contribution in [0.5, 0.6) is 0 Å². The van der Waals surface area contributed by atoms with Crippen LogP contribution in [0.2, 0.25) is 0 Å². The molecule has 0 bridgehead atoms. The zero-order chi connectivity index (χ0) is 18.4. The molecule has 0 radical (unpaired) electrons. The Morgan fingerprint density at radius 1 is 1.24 bits per heavy atom. The second-order valence-corrected chi connectivity index (χ2v) is 6.60. The van der Waals surface area contributed by atoms with Crippen LogP contribution in [-0.4, -0.2) is 66.4 Å². The molecule has 136 valence electrons. The van der Waals surface area contributed by atoms with Gasteiger partial charge in [-0.3, -0.25) is 14.4 Å². The van der Waals surface area contributed by atoms with Crippen LogP contribution in [0.1, 0.15) is 18.4 Å². The monoisotopic (exact) mass is 347 g/mol. The number of hydrogen-bond donors (Lipinski definition) is 2. The Bertz CT molecular complexity index is 645. The van der Waals surface area contributed by atoms with Crippen LogP contribution in [0.4, 0.5) is 5.69 Å². The van der Waals surface area contributed by atoms with Crippen molar-refractivity contribution in [1.29, 1.82) is 0 Å². The number of para-hydroxylation sites is 1. The molecule has 2 amide bonds. The lowest BCUT2D eigenvalue weighted by Gasteiger charge is -2.26. The number of nitrogens with one attached hydrogen (secondary N) is 1. The Labute approximate surface area is 147 Å². The summed E-state index contributed by atoms with van der Waals surface area (Å²) in [5, 5.41) is 11.9. The van der Waals surface area contributed by atoms with Crippen LogP contribution in [0.25, 0.3) is 0 Å². The first-order valence-corrected chi connectivity index (χ1v) is 8.40. The molecule has 0 saturated heterocycles. The van der Waals surface area contributed by atoms with Crippen molar-refractivity contribution in [2.24, 2.45) is 5.92 Å². The van der Waals surface area contributed by atoms with E-state index in [2.05, 4.69) is 5.32 Å². The van der Waals surface area contributed by atoms with Gasteiger partial charge in [0, 0.05) is 31.1 Å². The highest BCUT2D eigenvalue weighted by molar-refractivity contribution is 5.96. The molecule has 7 heteroatoms. The fraction of sp³-hybridized carbons (Fsp3) is 0.500. The van der Waals surface area contributed by atoms with Crippen LogP contribution in [0, 0.1) is 5.92 Å². The topological polar surface area (TPSA) is 89.9 Å². The minimum absolute atomic E-state index is 0.0791. The first-order valence-electron chi connectivity index (χ1n) is 8.40. The van der Waals surface area contributed by atoms with Gasteiger partial charge in [-0.15, -0.1) is 0 Å². The Morgan fingerprint density at radius 3 is 2.64 bits per heavy atom. The van der Waals surface area contributed by atoms with E-state index in [4.69, 9.17) is 5.11 Å². The molecule has 2 N–H and O–H groups in total. The number of rotatable bonds is 8. The van der Waals surface area contributed by atoms with Crippen molar-refractivity contribution in [3.63, 3.8) is 0 Å². The van der Waals surface area contributed by atoms with E-state index in [1.807, 2.05) is 43.3 Å². The van der Waals surface area contributed by atoms with E-state index in [1.54, 1.807) is 0 Å². The van der Waals surface area contributed by atoms with Gasteiger partial charge in [-0.25, -0.2) is 0 Å². The van der Waals surface area contributed by atoms with Crippen molar-refractivity contribution < 1.29 is 19.5 Å². The van der Waals surface area contributed by atoms with E-state index in [1.165, 1.54) is 4.90 Å². The molecule has 2 rings (SSSR count). The van der Waals surface area contributed by atoms with Crippen molar-refractivity contribution in [2.75, 3.05) is 39.0 Å². The van der Waals surface area contributed by atoms with Gasteiger partial charge in [-0.05, 0) is 38.6 Å². The van der Waals surface area contributed by atoms with Gasteiger partial charge in [-0.2, -0.15) is 0 Å². The second-order valence-electron chi connectivity index (χ2n) is 6.60. The highest BCUT2D eigenvalue weighted by atomic mass is 16.4. The summed E-state index contributed by atoms with van der Waals surface area (Å²) in [7, 11) is 3.74. The normalized spacial score (nSPS) is 16.3. The second kappa shape index (κ2) is 8.62. The van der Waals surface area contributed by atoms with Gasteiger partial charge in [0.15, 0.2) is 0 Å². The van der Waals surface area contributed by atoms with Crippen molar-refractivity contribution >= 4 is 23.5 Å². The molecule has 0 aromatic heterocycles. The summed E-state index contributed by atoms with van der Waals surface area (Å²) in [5.41, 5.74) is 1.89. The maximum absolute atomic E-state index is 12.4. The average molecular weight is 347 g/mol. The molecule has 0 saturated carbocycles. The molecule has 25 heavy (non-hydrogen) atoms. The quantitative estimate of drug-likeness (QED) is 0.734. The minimum Gasteiger partial charge on any atom is -0.480 e. The van der Waals surface area contributed by atoms with Gasteiger partial charge >= 0.3 is 5.97 Å². The lowest BCUT2D eigenvalue weighted by Crippen LogP contribution is -2.40. The molecule has 0 aliphatic carbocycles. The van der Waals surface area contributed by atoms with Gasteiger partial charge in [0.05, 0.1) is 0 Å². The lowest BCUT2D eigenvalue weighted by molar-refractivity contribution is -0.144. The maximum Gasteiger partial charge on any atom is 0.323 e. The fourth-order valence-electron chi connectivity index (χ4n) is 2.88. The van der Waals surface area contributed by atoms with Crippen molar-refractivity contribution in [1.82, 2.24) is 9.80 Å². The Balaban J connectivity index is 1.92. The largest absolute Gasteiger partial charge is 0.480 e. The van der Waals surface area contributed by atoms with E-state index >= 15 is 0 Å². The number of fused-ring (bicyclic) bond motifs is 1. The Morgan fingerprint density at radius 2 is 1.96 bits per heavy atom. The van der Waals surface area contributed by atoms with Crippen molar-refractivity contribution in [3.8, 4) is 0 Å². The molecule has 1 unspecified atom stereocenters. The molecular weight excluding hydrogens is 322 g/mol. The summed E-state index contributed by atoms with van der Waals surface area (Å²) in [6, 6.07) is 7.63. The molecular formula is C18H25N3O4. The molecule has 1 aromatic carbocycles. The van der Waals surface area contributed by atoms with Gasteiger partial charge in [0.25, 0.3) is 0 Å². The number of carboxylic acids is 1. The van der Waals surface area contributed by atoms with Gasteiger partial charge < -0.3 is 20.2 Å². The number of carboxylic acid groups (broad SMARTS) is 1. The highest BCUT2D eigenvalue weighted by Gasteiger charge is 2.27. The summed E-state index contributed by atoms with van der Waals surface area (Å²) >= 11 is 0. The van der Waals surface area contributed by atoms with Gasteiger partial charge in [0.2, 0.25) is 11.8 Å². The molecule has 1 heterocycles. The summed E-state index contributed by atoms with van der Waals surface area (Å²) in [6.07, 6.45) is 1.18. The maximum atomic E-state index is 12.4. The molecule has 0 fully saturated rings. The van der Waals surface area contributed by atoms with E-state index in [0.29, 0.717) is 25.9 Å². The smallest absolute Gasteiger partial charge is 0.323 e. The van der Waals surface area contributed by atoms with E-state index < -0.39 is 5.97 Å². The summed E-state index contributed by atoms with van der Waals surface area (Å²) in [6.45, 7) is 0.639. The Hall–Kier alpha value is -2.41. The van der Waals surface area contributed by atoms with Crippen LogP contribution < -0.4 is 5.32 Å². The minimum atomic E-state index is -1.03. The summed E-state index contributed by atoms with van der Waals surface area (Å²) in [5.74, 6) is -1.60. The van der Waals surface area contributed by atoms with Crippen molar-refractivity contribution in [2.45, 2.75) is 19.3 Å². The number of likely N-dealkylation sites (N-methyl/N-ethyl adjacent to an activating group) is 1. The first kappa shape index (κ1) is 18.9. The van der Waals surface area contributed by atoms with Gasteiger partial charge in [0.1, 0.15) is 6.54 Å². The fourth-order valence-corrected chi connectivity index (χ4v) is 2.88. The van der Waals surface area contributed by atoms with E-state index in [0.717, 1.165) is 11.3 Å². The molecule has 1 aromatic rings. The standard InChI is InChI=1S/C18H25N3O4/c1-20(2)9-10-21(12-17(23)24)16(22)8-7-14-11-13-5-3-4-6-15(13)19-18(14)25/h3-6,14H,7-12H2,1-2H3,(H,19,25)(H,23,24). The predicted molar refractivity (Wildman–Crippen MR) is 94.3 cm³/mol. The van der Waals surface area contributed by atoms with Crippen molar-refractivity contribution in [3.05, 3.63) is 29.8 Å². The Kier molecular flexibility index (Phi) is 6.52. The molecule has 7 nitrogen and oxygen atoms in total. The molecule has 1 aliphatic rings. The zero-order valence-corrected chi connectivity index (χ0v) is 14.7. The number of amides is 2. The predicted octanol–water partition coefficient (Wildman–Crippen LogP) is 1.05. The van der Waals surface area contributed by atoms with Crippen LogP contribution in [0.3, 0.4) is 0 Å². The van der Waals surface area contributed by atoms with Crippen LogP contribution in [0.15, 0.2) is 24.3 Å². The average Bonchev–Trinajstić information content (AvgIpc) is 2.55. The third-order valence-electron chi connectivity index (χ3n) is 4.31. The molecule has 0 spiro atoms. The number of anilines is 1. The van der Waals surface area contributed by atoms with E-state index in [-0.39, 0.29) is 30.7 Å². The highest BCUT2D eigenvalue weighted by Crippen LogP contribution is 2.27. The third-order valence-corrected chi connectivity index (χ3v) is 4.31. The van der Waals surface area contributed by atoms with Crippen LogP contribution >= 0.6 is 0 Å². The van der Waals surface area contributed by atoms with E-state index in [9.17, 15) is 14.4 Å². The first-order chi connectivity index (χ1) is 11.9. The van der Waals surface area contributed by atoms with Gasteiger partial charge in [-0.1, -0.05) is 18.2 Å². The number of nitrogens with zero attached hydrogens (tertiary/aromatic N) is 2. The van der Waals surface area contributed by atoms with Crippen LogP contribution in [-0.2, 0) is 20.8 Å². The lowest BCUT2D eigenvalue weighted by atomic mass is 9.89. The zero-order valence-electron chi connectivity index (χ0n) is 14.7. The molecule has 1 atom stereocenters. The number of carbonyl (C=O) groups excluding carboxylic acids is 2.